The van der Waals surface area contributed by atoms with Crippen LogP contribution in [0.4, 0.5) is 5.69 Å². The molecule has 5 rings (SSSR count). The minimum absolute atomic E-state index is 0.729. The van der Waals surface area contributed by atoms with Gasteiger partial charge in [-0.25, -0.2) is 9.99 Å². The molecule has 0 fully saturated rings. The first-order valence-corrected chi connectivity index (χ1v) is 11.0. The smallest absolute Gasteiger partial charge is 0.140 e. The summed E-state index contributed by atoms with van der Waals surface area (Å²) < 4.78 is 8.38. The third kappa shape index (κ3) is 4.07. The fourth-order valence-corrected chi connectivity index (χ4v) is 4.16. The molecule has 1 aliphatic rings. The first-order chi connectivity index (χ1) is 16.0. The second-order valence-electron chi connectivity index (χ2n) is 8.31. The molecule has 0 saturated carbocycles. The van der Waals surface area contributed by atoms with E-state index < -0.39 is 0 Å². The first-order valence-electron chi connectivity index (χ1n) is 11.0. The third-order valence-corrected chi connectivity index (χ3v) is 5.92. The van der Waals surface area contributed by atoms with Gasteiger partial charge in [0.2, 0.25) is 0 Å². The van der Waals surface area contributed by atoms with Gasteiger partial charge >= 0.3 is 0 Å². The molecule has 1 aromatic heterocycles. The van der Waals surface area contributed by atoms with Crippen LogP contribution in [0.2, 0.25) is 0 Å². The van der Waals surface area contributed by atoms with Crippen molar-refractivity contribution >= 4 is 11.5 Å². The van der Waals surface area contributed by atoms with Crippen LogP contribution >= 0.6 is 0 Å². The van der Waals surface area contributed by atoms with E-state index >= 15 is 0 Å². The van der Waals surface area contributed by atoms with E-state index in [1.165, 1.54) is 0 Å². The summed E-state index contributed by atoms with van der Waals surface area (Å²) in [6.07, 6.45) is 0. The van der Waals surface area contributed by atoms with Crippen molar-refractivity contribution < 1.29 is 4.74 Å². The molecule has 0 bridgehead atoms. The van der Waals surface area contributed by atoms with E-state index in [-0.39, 0.29) is 0 Å². The van der Waals surface area contributed by atoms with Crippen molar-refractivity contribution in [2.24, 2.45) is 12.1 Å². The molecule has 4 aromatic rings. The molecule has 2 heterocycles. The minimum atomic E-state index is 0.729. The summed E-state index contributed by atoms with van der Waals surface area (Å²) in [4.78, 5) is 6.97. The zero-order valence-corrected chi connectivity index (χ0v) is 19.4. The van der Waals surface area contributed by atoms with E-state index in [2.05, 4.69) is 58.9 Å². The van der Waals surface area contributed by atoms with Crippen molar-refractivity contribution in [3.8, 4) is 34.1 Å². The summed E-state index contributed by atoms with van der Waals surface area (Å²) in [7, 11) is 4.09. The second-order valence-corrected chi connectivity index (χ2v) is 8.31. The Hall–Kier alpha value is -4.06. The summed E-state index contributed by atoms with van der Waals surface area (Å²) in [5.41, 5.74) is 5.29. The van der Waals surface area contributed by atoms with E-state index in [9.17, 15) is 0 Å². The molecule has 0 radical (unpaired) electrons. The van der Waals surface area contributed by atoms with E-state index in [0.29, 0.717) is 0 Å². The van der Waals surface area contributed by atoms with Crippen molar-refractivity contribution in [1.29, 1.82) is 0 Å². The van der Waals surface area contributed by atoms with Gasteiger partial charge in [-0.2, -0.15) is 5.10 Å². The van der Waals surface area contributed by atoms with E-state index in [4.69, 9.17) is 9.72 Å². The lowest BCUT2D eigenvalue weighted by molar-refractivity contribution is 0.482. The maximum atomic E-state index is 6.23. The highest BCUT2D eigenvalue weighted by Crippen LogP contribution is 2.32. The van der Waals surface area contributed by atoms with Gasteiger partial charge in [-0.1, -0.05) is 48.5 Å². The number of hydrogen-bond acceptors (Lipinski definition) is 5. The number of imidazole rings is 1. The fraction of sp³-hybridized carbons (Fsp3) is 0.185. The second kappa shape index (κ2) is 8.47. The maximum absolute atomic E-state index is 6.23. The van der Waals surface area contributed by atoms with Crippen LogP contribution in [0, 0.1) is 6.92 Å². The highest BCUT2D eigenvalue weighted by Gasteiger charge is 2.18. The molecule has 33 heavy (non-hydrogen) atoms. The number of aryl methyl sites for hydroxylation is 1. The quantitative estimate of drug-likeness (QED) is 0.390. The lowest BCUT2D eigenvalue weighted by Crippen LogP contribution is -2.25. The Morgan fingerprint density at radius 2 is 1.48 bits per heavy atom. The molecular weight excluding hydrogens is 410 g/mol. The highest BCUT2D eigenvalue weighted by molar-refractivity contribution is 5.83. The molecule has 0 unspecified atom stereocenters. The molecule has 0 aliphatic carbocycles. The fourth-order valence-electron chi connectivity index (χ4n) is 4.16. The lowest BCUT2D eigenvalue weighted by atomic mass is 10.1. The van der Waals surface area contributed by atoms with Crippen LogP contribution in [0.5, 0.6) is 11.5 Å². The van der Waals surface area contributed by atoms with Gasteiger partial charge in [0.15, 0.2) is 0 Å². The van der Waals surface area contributed by atoms with Gasteiger partial charge in [-0.05, 0) is 38.1 Å². The van der Waals surface area contributed by atoms with Gasteiger partial charge in [0.1, 0.15) is 29.8 Å². The Kier molecular flexibility index (Phi) is 5.34. The molecule has 1 aliphatic heterocycles. The van der Waals surface area contributed by atoms with Gasteiger partial charge < -0.3 is 14.2 Å². The van der Waals surface area contributed by atoms with Crippen molar-refractivity contribution in [3.05, 3.63) is 84.6 Å². The van der Waals surface area contributed by atoms with Crippen molar-refractivity contribution in [2.75, 3.05) is 18.7 Å². The lowest BCUT2D eigenvalue weighted by Gasteiger charge is -2.17. The Morgan fingerprint density at radius 1 is 0.788 bits per heavy atom. The van der Waals surface area contributed by atoms with Crippen molar-refractivity contribution in [1.82, 2.24) is 14.5 Å². The number of ether oxygens (including phenoxy) is 1. The minimum Gasteiger partial charge on any atom is -0.457 e. The number of hydrogen-bond donors (Lipinski definition) is 0. The standard InChI is InChI=1S/C27H27N5O/c1-19-26(21-10-6-5-7-11-21)31(4)27(28-19)22-12-8-14-24(16-22)33-25-15-9-13-23(17-25)32-18-30(3)20(2)29-32/h5-17H,18H2,1-4H3. The molecular formula is C27H27N5O. The van der Waals surface area contributed by atoms with Crippen LogP contribution < -0.4 is 9.75 Å². The van der Waals surface area contributed by atoms with Crippen LogP contribution in [0.25, 0.3) is 22.6 Å². The van der Waals surface area contributed by atoms with Gasteiger partial charge in [0.25, 0.3) is 0 Å². The summed E-state index contributed by atoms with van der Waals surface area (Å²) in [5, 5.41) is 6.57. The first kappa shape index (κ1) is 20.8. The largest absolute Gasteiger partial charge is 0.457 e. The van der Waals surface area contributed by atoms with E-state index in [1.54, 1.807) is 0 Å². The Bertz CT molecular complexity index is 1330. The third-order valence-electron chi connectivity index (χ3n) is 5.92. The summed E-state index contributed by atoms with van der Waals surface area (Å²) in [5.74, 6) is 3.45. The number of rotatable bonds is 5. The summed E-state index contributed by atoms with van der Waals surface area (Å²) in [6, 6.07) is 26.5. The monoisotopic (exact) mass is 437 g/mol. The molecule has 0 spiro atoms. The predicted molar refractivity (Wildman–Crippen MR) is 134 cm³/mol. The molecule has 0 N–H and O–H groups in total. The van der Waals surface area contributed by atoms with Crippen LogP contribution in [0.3, 0.4) is 0 Å². The number of aromatic nitrogens is 2. The zero-order valence-electron chi connectivity index (χ0n) is 19.4. The normalized spacial score (nSPS) is 13.4. The van der Waals surface area contributed by atoms with Gasteiger partial charge in [0, 0.05) is 31.3 Å². The van der Waals surface area contributed by atoms with Gasteiger partial charge in [-0.3, -0.25) is 0 Å². The number of hydrazone groups is 1. The van der Waals surface area contributed by atoms with Crippen LogP contribution in [0.1, 0.15) is 12.6 Å². The summed E-state index contributed by atoms with van der Waals surface area (Å²) >= 11 is 0. The Labute approximate surface area is 194 Å². The SMILES string of the molecule is CC1=NN(c2cccc(Oc3cccc(-c4nc(C)c(-c5ccccc5)n4C)c3)c2)CN1C. The molecule has 0 saturated heterocycles. The maximum Gasteiger partial charge on any atom is 0.140 e. The number of benzene rings is 3. The molecule has 0 amide bonds. The number of anilines is 1. The number of nitrogens with zero attached hydrogens (tertiary/aromatic N) is 5. The molecule has 6 nitrogen and oxygen atoms in total. The van der Waals surface area contributed by atoms with Crippen molar-refractivity contribution in [3.63, 3.8) is 0 Å². The van der Waals surface area contributed by atoms with Crippen LogP contribution in [-0.2, 0) is 7.05 Å². The molecule has 166 valence electrons. The van der Waals surface area contributed by atoms with Crippen LogP contribution in [0.15, 0.2) is 84.0 Å². The average molecular weight is 438 g/mol. The molecule has 3 aromatic carbocycles. The predicted octanol–water partition coefficient (Wildman–Crippen LogP) is 5.90. The average Bonchev–Trinajstić information content (AvgIpc) is 3.32. The number of amidine groups is 1. The van der Waals surface area contributed by atoms with Crippen molar-refractivity contribution in [2.45, 2.75) is 13.8 Å². The Balaban J connectivity index is 1.42. The zero-order chi connectivity index (χ0) is 22.9. The van der Waals surface area contributed by atoms with Crippen LogP contribution in [-0.4, -0.2) is 34.0 Å². The molecule has 6 heteroatoms. The van der Waals surface area contributed by atoms with E-state index in [0.717, 1.165) is 58.0 Å². The summed E-state index contributed by atoms with van der Waals surface area (Å²) in [6.45, 7) is 4.79. The van der Waals surface area contributed by atoms with E-state index in [1.807, 2.05) is 67.5 Å². The van der Waals surface area contributed by atoms with Gasteiger partial charge in [0.05, 0.1) is 17.1 Å². The van der Waals surface area contributed by atoms with Gasteiger partial charge in [-0.15, -0.1) is 0 Å². The highest BCUT2D eigenvalue weighted by atomic mass is 16.5. The molecule has 0 atom stereocenters. The Morgan fingerprint density at radius 3 is 2.21 bits per heavy atom. The topological polar surface area (TPSA) is 45.9 Å².